The highest BCUT2D eigenvalue weighted by molar-refractivity contribution is 7.13. The molecule has 3 N–H and O–H groups in total. The van der Waals surface area contributed by atoms with Gasteiger partial charge in [-0.25, -0.2) is 14.4 Å². The van der Waals surface area contributed by atoms with Crippen molar-refractivity contribution in [3.05, 3.63) is 53.6 Å². The highest BCUT2D eigenvalue weighted by atomic mass is 32.1. The molecule has 1 saturated heterocycles. The van der Waals surface area contributed by atoms with Gasteiger partial charge in [0, 0.05) is 36.5 Å². The van der Waals surface area contributed by atoms with Crippen LogP contribution in [0.3, 0.4) is 0 Å². The molecule has 1 aliphatic carbocycles. The van der Waals surface area contributed by atoms with Crippen LogP contribution in [0.2, 0.25) is 0 Å². The summed E-state index contributed by atoms with van der Waals surface area (Å²) >= 11 is 1.30. The number of hydrogen-bond acceptors (Lipinski definition) is 9. The Morgan fingerprint density at radius 3 is 2.53 bits per heavy atom. The number of carbonyl (C=O) groups is 1. The van der Waals surface area contributed by atoms with Crippen LogP contribution in [0.1, 0.15) is 74.8 Å². The molecule has 1 aliphatic heterocycles. The van der Waals surface area contributed by atoms with Crippen molar-refractivity contribution in [1.29, 1.82) is 0 Å². The molecule has 1 atom stereocenters. The third-order valence-electron chi connectivity index (χ3n) is 7.90. The van der Waals surface area contributed by atoms with Crippen molar-refractivity contribution < 1.29 is 23.8 Å². The molecule has 0 bridgehead atoms. The zero-order chi connectivity index (χ0) is 31.8. The molecule has 4 aromatic rings. The van der Waals surface area contributed by atoms with E-state index in [1.165, 1.54) is 30.6 Å². The monoisotopic (exact) mass is 642 g/mol. The third kappa shape index (κ3) is 8.57. The van der Waals surface area contributed by atoms with Crippen LogP contribution < -0.4 is 5.32 Å². The second-order valence-electron chi connectivity index (χ2n) is 11.4. The molecule has 14 heteroatoms. The van der Waals surface area contributed by atoms with Gasteiger partial charge >= 0.3 is 0 Å². The van der Waals surface area contributed by atoms with Gasteiger partial charge in [-0.2, -0.15) is 14.6 Å². The smallest absolute Gasteiger partial charge is 0.275 e. The lowest BCUT2D eigenvalue weighted by Gasteiger charge is -2.28. The first-order chi connectivity index (χ1) is 21.8. The number of nitrogens with zero attached hydrogens (tertiary/aromatic N) is 7. The number of likely N-dealkylation sites (tertiary alicyclic amines) is 1. The Bertz CT molecular complexity index is 1550. The number of nitrogens with one attached hydrogen (secondary N) is 1. The fourth-order valence-electron chi connectivity index (χ4n) is 5.76. The lowest BCUT2D eigenvalue weighted by Crippen LogP contribution is -2.38. The van der Waals surface area contributed by atoms with E-state index >= 15 is 0 Å². The van der Waals surface area contributed by atoms with Crippen LogP contribution in [0.5, 0.6) is 0 Å². The van der Waals surface area contributed by atoms with Crippen LogP contribution in [-0.4, -0.2) is 82.9 Å². The maximum atomic E-state index is 14.7. The average molecular weight is 643 g/mol. The summed E-state index contributed by atoms with van der Waals surface area (Å²) in [5.41, 5.74) is 0.977. The Balaban J connectivity index is 0.00000128. The van der Waals surface area contributed by atoms with Crippen molar-refractivity contribution in [2.75, 3.05) is 31.6 Å². The predicted molar refractivity (Wildman–Crippen MR) is 168 cm³/mol. The van der Waals surface area contributed by atoms with E-state index in [2.05, 4.69) is 30.4 Å². The summed E-state index contributed by atoms with van der Waals surface area (Å²) in [5.74, 6) is -2.06. The number of thiazole rings is 1. The Labute approximate surface area is 264 Å². The van der Waals surface area contributed by atoms with Crippen LogP contribution in [0.25, 0.3) is 22.0 Å². The number of anilines is 1. The Hall–Kier alpha value is -3.59. The number of rotatable bonds is 9. The van der Waals surface area contributed by atoms with Crippen molar-refractivity contribution in [3.8, 4) is 22.0 Å². The Morgan fingerprint density at radius 1 is 1.04 bits per heavy atom. The second kappa shape index (κ2) is 15.6. The van der Waals surface area contributed by atoms with Gasteiger partial charge in [0.2, 0.25) is 5.95 Å². The fourth-order valence-corrected chi connectivity index (χ4v) is 6.54. The number of halogens is 2. The predicted octanol–water partition coefficient (Wildman–Crippen LogP) is 5.15. The van der Waals surface area contributed by atoms with Crippen molar-refractivity contribution in [3.63, 3.8) is 0 Å². The van der Waals surface area contributed by atoms with Crippen LogP contribution in [0.4, 0.5) is 14.5 Å². The van der Waals surface area contributed by atoms with E-state index in [0.717, 1.165) is 62.9 Å². The number of aliphatic hydroxyl groups excluding tert-OH is 2. The largest absolute Gasteiger partial charge is 0.397 e. The molecule has 1 unspecified atom stereocenters. The molecule has 0 spiro atoms. The first-order valence-electron chi connectivity index (χ1n) is 15.6. The molecule has 11 nitrogen and oxygen atoms in total. The van der Waals surface area contributed by atoms with E-state index in [-0.39, 0.29) is 35.4 Å². The zero-order valence-corrected chi connectivity index (χ0v) is 26.2. The number of β-amino-alcohol motifs (C(OH)–C–C–N with tert-alkyl or cyclic N) is 1. The lowest BCUT2D eigenvalue weighted by molar-refractivity contribution is 0.0856. The van der Waals surface area contributed by atoms with E-state index in [0.29, 0.717) is 18.1 Å². The minimum absolute atomic E-state index is 0.0748. The summed E-state index contributed by atoms with van der Waals surface area (Å²) in [6.45, 7) is 4.95. The van der Waals surface area contributed by atoms with Gasteiger partial charge in [-0.15, -0.1) is 11.3 Å². The summed E-state index contributed by atoms with van der Waals surface area (Å²) in [5, 5.41) is 32.1. The molecule has 0 aromatic carbocycles. The van der Waals surface area contributed by atoms with Gasteiger partial charge < -0.3 is 20.4 Å². The number of carbonyl (C=O) groups excluding carboxylic acids is 1. The number of pyridine rings is 1. The second-order valence-corrected chi connectivity index (χ2v) is 12.3. The summed E-state index contributed by atoms with van der Waals surface area (Å²) in [6.07, 6.45) is 13.3. The molecular weight excluding hydrogens is 602 g/mol. The standard InChI is InChI=1S/C29H34F2N8O2S.C2H6O/c30-22-9-10-25(31)35-26(22)27-23(17-39(36-27)20-7-3-1-4-8-20)33-28(41)24-18-42-29(34-24)19-13-32-38(14-19)16-21(40)15-37-11-5-2-6-12-37;1-2-3/h9-10,13-14,17-18,20-21,40H,1-8,11-12,15-16H2,(H,33,41);3H,2H2,1H3. The summed E-state index contributed by atoms with van der Waals surface area (Å²) in [7, 11) is 0. The van der Waals surface area contributed by atoms with Gasteiger partial charge in [0.15, 0.2) is 5.82 Å². The summed E-state index contributed by atoms with van der Waals surface area (Å²) in [6, 6.07) is 2.06. The van der Waals surface area contributed by atoms with E-state index in [4.69, 9.17) is 5.11 Å². The van der Waals surface area contributed by atoms with Gasteiger partial charge in [0.1, 0.15) is 22.1 Å². The van der Waals surface area contributed by atoms with Gasteiger partial charge in [-0.1, -0.05) is 25.7 Å². The summed E-state index contributed by atoms with van der Waals surface area (Å²) in [4.78, 5) is 23.8. The quantitative estimate of drug-likeness (QED) is 0.214. The molecule has 2 aliphatic rings. The molecule has 4 aromatic heterocycles. The molecular formula is C31H40F2N8O3S. The lowest BCUT2D eigenvalue weighted by atomic mass is 9.96. The van der Waals surface area contributed by atoms with Crippen LogP contribution in [0, 0.1) is 11.8 Å². The van der Waals surface area contributed by atoms with E-state index in [1.807, 2.05) is 6.20 Å². The number of hydrogen-bond donors (Lipinski definition) is 3. The Kier molecular flexibility index (Phi) is 11.4. The van der Waals surface area contributed by atoms with E-state index in [9.17, 15) is 18.7 Å². The number of aromatic nitrogens is 6. The Morgan fingerprint density at radius 2 is 1.78 bits per heavy atom. The molecule has 5 heterocycles. The van der Waals surface area contributed by atoms with Crippen LogP contribution in [-0.2, 0) is 6.54 Å². The van der Waals surface area contributed by atoms with Gasteiger partial charge in [-0.3, -0.25) is 14.2 Å². The van der Waals surface area contributed by atoms with E-state index < -0.39 is 23.8 Å². The number of amides is 1. The normalized spacial score (nSPS) is 16.6. The van der Waals surface area contributed by atoms with Crippen LogP contribution in [0.15, 0.2) is 36.1 Å². The minimum atomic E-state index is -0.834. The topological polar surface area (TPSA) is 134 Å². The van der Waals surface area contributed by atoms with Crippen molar-refractivity contribution in [2.45, 2.75) is 77.0 Å². The highest BCUT2D eigenvalue weighted by Gasteiger charge is 2.24. The number of aliphatic hydroxyl groups is 2. The first kappa shape index (κ1) is 32.8. The minimum Gasteiger partial charge on any atom is -0.397 e. The highest BCUT2D eigenvalue weighted by Crippen LogP contribution is 2.34. The maximum absolute atomic E-state index is 14.7. The molecule has 2 fully saturated rings. The molecule has 242 valence electrons. The van der Waals surface area contributed by atoms with Crippen molar-refractivity contribution in [1.82, 2.24) is 34.4 Å². The van der Waals surface area contributed by atoms with Crippen molar-refractivity contribution >= 4 is 22.9 Å². The van der Waals surface area contributed by atoms with Gasteiger partial charge in [-0.05, 0) is 57.8 Å². The zero-order valence-electron chi connectivity index (χ0n) is 25.4. The molecule has 45 heavy (non-hydrogen) atoms. The summed E-state index contributed by atoms with van der Waals surface area (Å²) < 4.78 is 32.1. The first-order valence-corrected chi connectivity index (χ1v) is 16.4. The molecule has 1 amide bonds. The maximum Gasteiger partial charge on any atom is 0.275 e. The number of piperidine rings is 1. The van der Waals surface area contributed by atoms with Crippen molar-refractivity contribution in [2.24, 2.45) is 0 Å². The fraction of sp³-hybridized carbons (Fsp3) is 0.516. The van der Waals surface area contributed by atoms with Gasteiger partial charge in [0.25, 0.3) is 5.91 Å². The molecule has 0 radical (unpaired) electrons. The molecule has 1 saturated carbocycles. The molecule has 6 rings (SSSR count). The van der Waals surface area contributed by atoms with E-state index in [1.54, 1.807) is 34.1 Å². The average Bonchev–Trinajstić information content (AvgIpc) is 3.80. The SMILES string of the molecule is CCO.O=C(Nc1cn(C2CCCCC2)nc1-c1nc(F)ccc1F)c1csc(-c2cnn(CC(O)CN3CCCCC3)c2)n1. The third-order valence-corrected chi connectivity index (χ3v) is 8.79. The van der Waals surface area contributed by atoms with Gasteiger partial charge in [0.05, 0.1) is 30.6 Å². The van der Waals surface area contributed by atoms with Crippen LogP contribution >= 0.6 is 11.3 Å².